The fraction of sp³-hybridized carbons (Fsp3) is 0.333. The van der Waals surface area contributed by atoms with E-state index >= 15 is 0 Å². The van der Waals surface area contributed by atoms with Crippen LogP contribution in [0.4, 0.5) is 4.79 Å². The monoisotopic (exact) mass is 343 g/mol. The van der Waals surface area contributed by atoms with E-state index in [1.807, 2.05) is 38.1 Å². The SMILES string of the molecule is CCCNC(=O)NC(=O)COC(=O)c1c(C)nc2ccccc2c1C. The van der Waals surface area contributed by atoms with Crippen LogP contribution in [0, 0.1) is 13.8 Å². The van der Waals surface area contributed by atoms with Crippen LogP contribution in [0.5, 0.6) is 0 Å². The molecule has 0 fully saturated rings. The van der Waals surface area contributed by atoms with Crippen molar-refractivity contribution in [2.24, 2.45) is 0 Å². The number of para-hydroxylation sites is 1. The van der Waals surface area contributed by atoms with Crippen molar-refractivity contribution < 1.29 is 19.1 Å². The lowest BCUT2D eigenvalue weighted by Gasteiger charge is -2.12. The summed E-state index contributed by atoms with van der Waals surface area (Å²) in [6.07, 6.45) is 0.754. The fourth-order valence-electron chi connectivity index (χ4n) is 2.48. The second-order valence-corrected chi connectivity index (χ2v) is 5.59. The molecular weight excluding hydrogens is 322 g/mol. The molecule has 2 aromatic rings. The van der Waals surface area contributed by atoms with Crippen molar-refractivity contribution in [2.75, 3.05) is 13.2 Å². The Morgan fingerprint density at radius 1 is 1.16 bits per heavy atom. The van der Waals surface area contributed by atoms with Gasteiger partial charge in [0, 0.05) is 11.9 Å². The van der Waals surface area contributed by atoms with Crippen LogP contribution in [0.3, 0.4) is 0 Å². The van der Waals surface area contributed by atoms with Crippen LogP contribution in [0.15, 0.2) is 24.3 Å². The number of benzene rings is 1. The summed E-state index contributed by atoms with van der Waals surface area (Å²) >= 11 is 0. The highest BCUT2D eigenvalue weighted by Crippen LogP contribution is 2.23. The van der Waals surface area contributed by atoms with Crippen molar-refractivity contribution in [2.45, 2.75) is 27.2 Å². The largest absolute Gasteiger partial charge is 0.452 e. The average molecular weight is 343 g/mol. The van der Waals surface area contributed by atoms with E-state index in [2.05, 4.69) is 15.6 Å². The van der Waals surface area contributed by atoms with E-state index in [0.717, 1.165) is 22.9 Å². The lowest BCUT2D eigenvalue weighted by atomic mass is 10.0. The van der Waals surface area contributed by atoms with Gasteiger partial charge in [0.25, 0.3) is 5.91 Å². The first-order chi connectivity index (χ1) is 11.9. The zero-order chi connectivity index (χ0) is 18.4. The maximum absolute atomic E-state index is 12.3. The number of nitrogens with zero attached hydrogens (tertiary/aromatic N) is 1. The van der Waals surface area contributed by atoms with E-state index in [1.165, 1.54) is 0 Å². The average Bonchev–Trinajstić information content (AvgIpc) is 2.58. The number of carbonyl (C=O) groups excluding carboxylic acids is 3. The Kier molecular flexibility index (Phi) is 6.05. The molecule has 1 aromatic heterocycles. The molecule has 3 amide bonds. The molecule has 2 N–H and O–H groups in total. The number of pyridine rings is 1. The Morgan fingerprint density at radius 2 is 1.88 bits per heavy atom. The van der Waals surface area contributed by atoms with Crippen molar-refractivity contribution >= 4 is 28.8 Å². The molecule has 7 heteroatoms. The Balaban J connectivity index is 2.05. The molecule has 0 spiro atoms. The van der Waals surface area contributed by atoms with Crippen LogP contribution < -0.4 is 10.6 Å². The van der Waals surface area contributed by atoms with Crippen molar-refractivity contribution in [3.8, 4) is 0 Å². The molecule has 2 rings (SSSR count). The maximum atomic E-state index is 12.3. The molecule has 0 aliphatic rings. The summed E-state index contributed by atoms with van der Waals surface area (Å²) in [7, 11) is 0. The van der Waals surface area contributed by atoms with Crippen LogP contribution >= 0.6 is 0 Å². The number of hydrogen-bond donors (Lipinski definition) is 2. The molecule has 0 bridgehead atoms. The third-order valence-corrected chi connectivity index (χ3v) is 3.66. The minimum absolute atomic E-state index is 0.335. The summed E-state index contributed by atoms with van der Waals surface area (Å²) in [4.78, 5) is 39.8. The minimum atomic E-state index is -0.689. The van der Waals surface area contributed by atoms with Gasteiger partial charge in [0.1, 0.15) is 0 Å². The second kappa shape index (κ2) is 8.23. The standard InChI is InChI=1S/C18H21N3O4/c1-4-9-19-18(24)21-15(22)10-25-17(23)16-11(2)13-7-5-6-8-14(13)20-12(16)3/h5-8H,4,9-10H2,1-3H3,(H2,19,21,22,24). The van der Waals surface area contributed by atoms with Crippen molar-refractivity contribution in [3.05, 3.63) is 41.1 Å². The molecule has 1 aromatic carbocycles. The molecular formula is C18H21N3O4. The predicted octanol–water partition coefficient (Wildman–Crippen LogP) is 2.24. The maximum Gasteiger partial charge on any atom is 0.340 e. The van der Waals surface area contributed by atoms with Crippen molar-refractivity contribution in [1.82, 2.24) is 15.6 Å². The van der Waals surface area contributed by atoms with E-state index in [1.54, 1.807) is 6.92 Å². The van der Waals surface area contributed by atoms with Crippen LogP contribution in [-0.4, -0.2) is 36.0 Å². The van der Waals surface area contributed by atoms with Crippen LogP contribution in [0.1, 0.15) is 35.0 Å². The van der Waals surface area contributed by atoms with Gasteiger partial charge in [0.05, 0.1) is 16.8 Å². The normalized spacial score (nSPS) is 10.4. The number of hydrogen-bond acceptors (Lipinski definition) is 5. The summed E-state index contributed by atoms with van der Waals surface area (Å²) < 4.78 is 5.03. The first kappa shape index (κ1) is 18.4. The number of amides is 3. The minimum Gasteiger partial charge on any atom is -0.452 e. The summed E-state index contributed by atoms with van der Waals surface area (Å²) in [5.41, 5.74) is 2.40. The number of aryl methyl sites for hydroxylation is 2. The van der Waals surface area contributed by atoms with Crippen LogP contribution in [-0.2, 0) is 9.53 Å². The molecule has 132 valence electrons. The number of nitrogens with one attached hydrogen (secondary N) is 2. The summed E-state index contributed by atoms with van der Waals surface area (Å²) in [6.45, 7) is 5.34. The molecule has 0 saturated heterocycles. The van der Waals surface area contributed by atoms with Gasteiger partial charge in [0.2, 0.25) is 0 Å². The Bertz CT molecular complexity index is 817. The van der Waals surface area contributed by atoms with Gasteiger partial charge < -0.3 is 10.1 Å². The number of esters is 1. The second-order valence-electron chi connectivity index (χ2n) is 5.59. The third-order valence-electron chi connectivity index (χ3n) is 3.66. The molecule has 0 radical (unpaired) electrons. The number of imide groups is 1. The molecule has 0 aliphatic carbocycles. The summed E-state index contributed by atoms with van der Waals surface area (Å²) in [5, 5.41) is 5.45. The number of urea groups is 1. The number of rotatable bonds is 5. The highest BCUT2D eigenvalue weighted by atomic mass is 16.5. The van der Waals surface area contributed by atoms with E-state index in [9.17, 15) is 14.4 Å². The Hall–Kier alpha value is -2.96. The number of fused-ring (bicyclic) bond motifs is 1. The third kappa shape index (κ3) is 4.53. The molecule has 25 heavy (non-hydrogen) atoms. The summed E-state index contributed by atoms with van der Waals surface area (Å²) in [5.74, 6) is -1.33. The van der Waals surface area contributed by atoms with Crippen molar-refractivity contribution in [3.63, 3.8) is 0 Å². The van der Waals surface area contributed by atoms with Gasteiger partial charge in [-0.25, -0.2) is 9.59 Å². The quantitative estimate of drug-likeness (QED) is 0.812. The van der Waals surface area contributed by atoms with E-state index in [0.29, 0.717) is 17.8 Å². The zero-order valence-electron chi connectivity index (χ0n) is 14.5. The Labute approximate surface area is 145 Å². The zero-order valence-corrected chi connectivity index (χ0v) is 14.5. The molecule has 0 aliphatic heterocycles. The fourth-order valence-corrected chi connectivity index (χ4v) is 2.48. The lowest BCUT2D eigenvalue weighted by molar-refractivity contribution is -0.123. The van der Waals surface area contributed by atoms with E-state index in [-0.39, 0.29) is 0 Å². The highest BCUT2D eigenvalue weighted by molar-refractivity contribution is 6.00. The van der Waals surface area contributed by atoms with Gasteiger partial charge in [-0.05, 0) is 31.9 Å². The van der Waals surface area contributed by atoms with Gasteiger partial charge in [0.15, 0.2) is 6.61 Å². The lowest BCUT2D eigenvalue weighted by Crippen LogP contribution is -2.41. The highest BCUT2D eigenvalue weighted by Gasteiger charge is 2.19. The Morgan fingerprint density at radius 3 is 2.60 bits per heavy atom. The topological polar surface area (TPSA) is 97.4 Å². The molecule has 7 nitrogen and oxygen atoms in total. The van der Waals surface area contributed by atoms with Crippen molar-refractivity contribution in [1.29, 1.82) is 0 Å². The van der Waals surface area contributed by atoms with Gasteiger partial charge in [-0.1, -0.05) is 25.1 Å². The van der Waals surface area contributed by atoms with E-state index < -0.39 is 24.5 Å². The molecule has 0 unspecified atom stereocenters. The van der Waals surface area contributed by atoms with Crippen LogP contribution in [0.25, 0.3) is 10.9 Å². The number of aromatic nitrogens is 1. The summed E-state index contributed by atoms with van der Waals surface area (Å²) in [6, 6.07) is 6.87. The van der Waals surface area contributed by atoms with E-state index in [4.69, 9.17) is 4.74 Å². The predicted molar refractivity (Wildman–Crippen MR) is 93.3 cm³/mol. The number of ether oxygens (including phenoxy) is 1. The smallest absolute Gasteiger partial charge is 0.340 e. The molecule has 0 atom stereocenters. The first-order valence-electron chi connectivity index (χ1n) is 8.04. The van der Waals surface area contributed by atoms with Gasteiger partial charge in [-0.15, -0.1) is 0 Å². The molecule has 1 heterocycles. The van der Waals surface area contributed by atoms with Crippen LogP contribution in [0.2, 0.25) is 0 Å². The molecule has 0 saturated carbocycles. The van der Waals surface area contributed by atoms with Gasteiger partial charge in [-0.2, -0.15) is 0 Å². The van der Waals surface area contributed by atoms with Gasteiger partial charge in [-0.3, -0.25) is 15.1 Å². The number of carbonyl (C=O) groups is 3. The first-order valence-corrected chi connectivity index (χ1v) is 8.04. The van der Waals surface area contributed by atoms with Gasteiger partial charge >= 0.3 is 12.0 Å².